The van der Waals surface area contributed by atoms with Crippen molar-refractivity contribution < 1.29 is 14.3 Å². The highest BCUT2D eigenvalue weighted by atomic mass is 16.3. The molecule has 1 aromatic heterocycles. The highest BCUT2D eigenvalue weighted by Gasteiger charge is 2.21. The van der Waals surface area contributed by atoms with Gasteiger partial charge in [0.25, 0.3) is 0 Å². The van der Waals surface area contributed by atoms with Gasteiger partial charge >= 0.3 is 0 Å². The number of carbonyl (C=O) groups excluding carboxylic acids is 1. The lowest BCUT2D eigenvalue weighted by atomic mass is 9.88. The number of benzene rings is 2. The molecule has 0 saturated heterocycles. The normalized spacial score (nSPS) is 15.3. The van der Waals surface area contributed by atoms with E-state index in [0.717, 1.165) is 36.8 Å². The number of rotatable bonds is 3. The van der Waals surface area contributed by atoms with E-state index in [2.05, 4.69) is 10.3 Å². The molecule has 1 aliphatic carbocycles. The summed E-state index contributed by atoms with van der Waals surface area (Å²) in [5, 5.41) is 13.2. The number of phenolic OH excluding ortho intramolecular Hbond substituents is 1. The minimum atomic E-state index is 0.0505. The van der Waals surface area contributed by atoms with E-state index in [4.69, 9.17) is 4.42 Å². The van der Waals surface area contributed by atoms with E-state index >= 15 is 0 Å². The van der Waals surface area contributed by atoms with E-state index in [1.54, 1.807) is 18.2 Å². The Morgan fingerprint density at radius 3 is 2.77 bits per heavy atom. The maximum atomic E-state index is 12.5. The van der Waals surface area contributed by atoms with Crippen molar-refractivity contribution in [3.05, 3.63) is 42.0 Å². The first-order valence-electron chi connectivity index (χ1n) is 9.11. The third-order valence-corrected chi connectivity index (χ3v) is 5.01. The van der Waals surface area contributed by atoms with E-state index in [1.165, 1.54) is 6.42 Å². The SMILES string of the molecule is Cc1ccc2oc(-c3cc(NC(=O)C4CCCCC4)ccc3O)nc2c1. The zero-order chi connectivity index (χ0) is 18.1. The first-order valence-corrected chi connectivity index (χ1v) is 9.11. The van der Waals surface area contributed by atoms with Gasteiger partial charge in [0, 0.05) is 11.6 Å². The van der Waals surface area contributed by atoms with Crippen molar-refractivity contribution in [3.8, 4) is 17.2 Å². The first-order chi connectivity index (χ1) is 12.6. The van der Waals surface area contributed by atoms with Crippen LogP contribution < -0.4 is 5.32 Å². The lowest BCUT2D eigenvalue weighted by molar-refractivity contribution is -0.120. The van der Waals surface area contributed by atoms with Gasteiger partial charge in [0.15, 0.2) is 5.58 Å². The number of amides is 1. The molecule has 1 saturated carbocycles. The molecule has 1 heterocycles. The van der Waals surface area contributed by atoms with Crippen LogP contribution in [0.2, 0.25) is 0 Å². The van der Waals surface area contributed by atoms with Gasteiger partial charge < -0.3 is 14.8 Å². The van der Waals surface area contributed by atoms with E-state index in [-0.39, 0.29) is 17.6 Å². The standard InChI is InChI=1S/C21H22N2O3/c1-13-7-10-19-17(11-13)23-21(26-19)16-12-15(8-9-18(16)24)22-20(25)14-5-3-2-4-6-14/h7-12,14,24H,2-6H2,1H3,(H,22,25). The fraction of sp³-hybridized carbons (Fsp3) is 0.333. The number of hydrogen-bond donors (Lipinski definition) is 2. The number of phenols is 1. The summed E-state index contributed by atoms with van der Waals surface area (Å²) in [5.74, 6) is 0.545. The molecule has 4 rings (SSSR count). The Bertz CT molecular complexity index is 955. The molecule has 0 aliphatic heterocycles. The summed E-state index contributed by atoms with van der Waals surface area (Å²) in [5.41, 5.74) is 3.62. The predicted octanol–water partition coefficient (Wildman–Crippen LogP) is 5.03. The van der Waals surface area contributed by atoms with Crippen LogP contribution in [0.1, 0.15) is 37.7 Å². The van der Waals surface area contributed by atoms with Crippen LogP contribution in [-0.4, -0.2) is 16.0 Å². The molecule has 0 spiro atoms. The van der Waals surface area contributed by atoms with E-state index in [0.29, 0.717) is 22.7 Å². The Hall–Kier alpha value is -2.82. The second-order valence-electron chi connectivity index (χ2n) is 7.05. The fourth-order valence-electron chi connectivity index (χ4n) is 3.55. The summed E-state index contributed by atoms with van der Waals surface area (Å²) < 4.78 is 5.78. The van der Waals surface area contributed by atoms with Crippen LogP contribution in [0.5, 0.6) is 5.75 Å². The summed E-state index contributed by atoms with van der Waals surface area (Å²) in [4.78, 5) is 16.9. The number of aromatic nitrogens is 1. The van der Waals surface area contributed by atoms with Gasteiger partial charge in [0.1, 0.15) is 11.3 Å². The third-order valence-electron chi connectivity index (χ3n) is 5.01. The van der Waals surface area contributed by atoms with Crippen molar-refractivity contribution in [2.45, 2.75) is 39.0 Å². The molecule has 1 aliphatic rings. The summed E-state index contributed by atoms with van der Waals surface area (Å²) in [6.07, 6.45) is 5.33. The molecule has 0 unspecified atom stereocenters. The molecule has 1 amide bonds. The number of hydrogen-bond acceptors (Lipinski definition) is 4. The largest absolute Gasteiger partial charge is 0.507 e. The quantitative estimate of drug-likeness (QED) is 0.650. The summed E-state index contributed by atoms with van der Waals surface area (Å²) in [6.45, 7) is 1.99. The Kier molecular flexibility index (Phi) is 4.37. The van der Waals surface area contributed by atoms with E-state index in [9.17, 15) is 9.90 Å². The molecule has 5 nitrogen and oxygen atoms in total. The lowest BCUT2D eigenvalue weighted by Crippen LogP contribution is -2.24. The molecule has 1 fully saturated rings. The molecule has 0 radical (unpaired) electrons. The molecular formula is C21H22N2O3. The van der Waals surface area contributed by atoms with Crippen LogP contribution in [0, 0.1) is 12.8 Å². The van der Waals surface area contributed by atoms with Crippen LogP contribution in [0.4, 0.5) is 5.69 Å². The molecular weight excluding hydrogens is 328 g/mol. The second kappa shape index (κ2) is 6.83. The lowest BCUT2D eigenvalue weighted by Gasteiger charge is -2.20. The monoisotopic (exact) mass is 350 g/mol. The van der Waals surface area contributed by atoms with Crippen molar-refractivity contribution in [2.24, 2.45) is 5.92 Å². The number of anilines is 1. The molecule has 134 valence electrons. The van der Waals surface area contributed by atoms with Gasteiger partial charge in [-0.05, 0) is 55.7 Å². The average molecular weight is 350 g/mol. The number of oxazole rings is 1. The van der Waals surface area contributed by atoms with Crippen LogP contribution in [-0.2, 0) is 4.79 Å². The first kappa shape index (κ1) is 16.6. The minimum Gasteiger partial charge on any atom is -0.507 e. The van der Waals surface area contributed by atoms with Gasteiger partial charge in [0.05, 0.1) is 5.56 Å². The van der Waals surface area contributed by atoms with Gasteiger partial charge in [0.2, 0.25) is 11.8 Å². The summed E-state index contributed by atoms with van der Waals surface area (Å²) >= 11 is 0. The molecule has 2 aromatic carbocycles. The van der Waals surface area contributed by atoms with Gasteiger partial charge in [-0.15, -0.1) is 0 Å². The van der Waals surface area contributed by atoms with Crippen LogP contribution in [0.15, 0.2) is 40.8 Å². The molecule has 3 aromatic rings. The van der Waals surface area contributed by atoms with Gasteiger partial charge in [-0.25, -0.2) is 4.98 Å². The van der Waals surface area contributed by atoms with Crippen molar-refractivity contribution in [2.75, 3.05) is 5.32 Å². The fourth-order valence-corrected chi connectivity index (χ4v) is 3.55. The maximum Gasteiger partial charge on any atom is 0.231 e. The molecule has 26 heavy (non-hydrogen) atoms. The molecule has 0 bridgehead atoms. The van der Waals surface area contributed by atoms with Gasteiger partial charge in [-0.3, -0.25) is 4.79 Å². The van der Waals surface area contributed by atoms with Gasteiger partial charge in [-0.2, -0.15) is 0 Å². The summed E-state index contributed by atoms with van der Waals surface area (Å²) in [7, 11) is 0. The van der Waals surface area contributed by atoms with Crippen molar-refractivity contribution in [3.63, 3.8) is 0 Å². The summed E-state index contributed by atoms with van der Waals surface area (Å²) in [6, 6.07) is 10.7. The number of aromatic hydroxyl groups is 1. The minimum absolute atomic E-state index is 0.0505. The Balaban J connectivity index is 1.61. The molecule has 0 atom stereocenters. The topological polar surface area (TPSA) is 75.4 Å². The molecule has 2 N–H and O–H groups in total. The highest BCUT2D eigenvalue weighted by Crippen LogP contribution is 2.34. The van der Waals surface area contributed by atoms with E-state index in [1.807, 2.05) is 25.1 Å². The van der Waals surface area contributed by atoms with Crippen LogP contribution >= 0.6 is 0 Å². The van der Waals surface area contributed by atoms with Crippen molar-refractivity contribution >= 4 is 22.7 Å². The van der Waals surface area contributed by atoms with Crippen LogP contribution in [0.25, 0.3) is 22.6 Å². The highest BCUT2D eigenvalue weighted by molar-refractivity contribution is 5.93. The number of nitrogens with zero attached hydrogens (tertiary/aromatic N) is 1. The average Bonchev–Trinajstić information content (AvgIpc) is 3.07. The van der Waals surface area contributed by atoms with Gasteiger partial charge in [-0.1, -0.05) is 25.3 Å². The maximum absolute atomic E-state index is 12.5. The second-order valence-corrected chi connectivity index (χ2v) is 7.05. The van der Waals surface area contributed by atoms with Crippen molar-refractivity contribution in [1.82, 2.24) is 4.98 Å². The zero-order valence-electron chi connectivity index (χ0n) is 14.8. The zero-order valence-corrected chi connectivity index (χ0v) is 14.8. The number of nitrogens with one attached hydrogen (secondary N) is 1. The number of aryl methyl sites for hydroxylation is 1. The predicted molar refractivity (Wildman–Crippen MR) is 101 cm³/mol. The van der Waals surface area contributed by atoms with Crippen molar-refractivity contribution in [1.29, 1.82) is 0 Å². The number of carbonyl (C=O) groups is 1. The van der Waals surface area contributed by atoms with E-state index < -0.39 is 0 Å². The Morgan fingerprint density at radius 1 is 1.15 bits per heavy atom. The third kappa shape index (κ3) is 3.29. The Morgan fingerprint density at radius 2 is 1.96 bits per heavy atom. The smallest absolute Gasteiger partial charge is 0.231 e. The number of fused-ring (bicyclic) bond motifs is 1. The Labute approximate surface area is 152 Å². The molecule has 5 heteroatoms. The van der Waals surface area contributed by atoms with Crippen LogP contribution in [0.3, 0.4) is 0 Å².